The molecule has 1 saturated carbocycles. The Morgan fingerprint density at radius 3 is 2.71 bits per heavy atom. The van der Waals surface area contributed by atoms with Crippen molar-refractivity contribution in [1.82, 2.24) is 0 Å². The lowest BCUT2D eigenvalue weighted by molar-refractivity contribution is 0.130. The first-order valence-electron chi connectivity index (χ1n) is 5.13. The predicted octanol–water partition coefficient (Wildman–Crippen LogP) is 3.87. The van der Waals surface area contributed by atoms with Gasteiger partial charge < -0.3 is 4.74 Å². The van der Waals surface area contributed by atoms with Crippen LogP contribution in [0.25, 0.3) is 0 Å². The Kier molecular flexibility index (Phi) is 3.12. The molecule has 14 heavy (non-hydrogen) atoms. The van der Waals surface area contributed by atoms with Crippen LogP contribution >= 0.6 is 15.9 Å². The molecule has 0 unspecified atom stereocenters. The maximum atomic E-state index is 5.74. The number of benzene rings is 1. The van der Waals surface area contributed by atoms with Gasteiger partial charge in [-0.05, 0) is 52.7 Å². The highest BCUT2D eigenvalue weighted by molar-refractivity contribution is 9.10. The maximum absolute atomic E-state index is 5.74. The zero-order chi connectivity index (χ0) is 9.97. The van der Waals surface area contributed by atoms with Crippen LogP contribution in [0.3, 0.4) is 0 Å². The van der Waals surface area contributed by atoms with E-state index in [2.05, 4.69) is 22.9 Å². The summed E-state index contributed by atoms with van der Waals surface area (Å²) < 4.78 is 6.79. The van der Waals surface area contributed by atoms with E-state index in [0.29, 0.717) is 0 Å². The SMILES string of the molecule is CC1CC(COc2ccccc2Br)C1. The smallest absolute Gasteiger partial charge is 0.133 e. The Balaban J connectivity index is 1.83. The second-order valence-corrected chi connectivity index (χ2v) is 5.04. The van der Waals surface area contributed by atoms with Gasteiger partial charge in [0, 0.05) is 0 Å². The molecule has 0 amide bonds. The van der Waals surface area contributed by atoms with Gasteiger partial charge in [0.1, 0.15) is 5.75 Å². The molecule has 0 radical (unpaired) electrons. The summed E-state index contributed by atoms with van der Waals surface area (Å²) in [5.74, 6) is 2.65. The van der Waals surface area contributed by atoms with Gasteiger partial charge >= 0.3 is 0 Å². The predicted molar refractivity (Wildman–Crippen MR) is 61.5 cm³/mol. The molecule has 0 aromatic heterocycles. The summed E-state index contributed by atoms with van der Waals surface area (Å²) in [4.78, 5) is 0. The Labute approximate surface area is 93.6 Å². The summed E-state index contributed by atoms with van der Waals surface area (Å²) in [6.07, 6.45) is 2.65. The van der Waals surface area contributed by atoms with Crippen molar-refractivity contribution in [2.45, 2.75) is 19.8 Å². The van der Waals surface area contributed by atoms with Gasteiger partial charge in [0.15, 0.2) is 0 Å². The zero-order valence-electron chi connectivity index (χ0n) is 8.37. The third-order valence-electron chi connectivity index (χ3n) is 2.78. The van der Waals surface area contributed by atoms with Gasteiger partial charge in [-0.2, -0.15) is 0 Å². The van der Waals surface area contributed by atoms with Gasteiger partial charge in [-0.15, -0.1) is 0 Å². The molecule has 0 heterocycles. The number of ether oxygens (including phenoxy) is 1. The van der Waals surface area contributed by atoms with Crippen LogP contribution in [-0.4, -0.2) is 6.61 Å². The van der Waals surface area contributed by atoms with E-state index in [1.54, 1.807) is 0 Å². The van der Waals surface area contributed by atoms with Crippen molar-refractivity contribution in [2.24, 2.45) is 11.8 Å². The maximum Gasteiger partial charge on any atom is 0.133 e. The topological polar surface area (TPSA) is 9.23 Å². The van der Waals surface area contributed by atoms with E-state index >= 15 is 0 Å². The quantitative estimate of drug-likeness (QED) is 0.796. The van der Waals surface area contributed by atoms with E-state index in [4.69, 9.17) is 4.74 Å². The largest absolute Gasteiger partial charge is 0.492 e. The third-order valence-corrected chi connectivity index (χ3v) is 3.44. The van der Waals surface area contributed by atoms with Crippen molar-refractivity contribution >= 4 is 15.9 Å². The number of halogens is 1. The van der Waals surface area contributed by atoms with Crippen molar-refractivity contribution in [2.75, 3.05) is 6.61 Å². The lowest BCUT2D eigenvalue weighted by Gasteiger charge is -2.32. The van der Waals surface area contributed by atoms with Crippen LogP contribution < -0.4 is 4.74 Å². The molecule has 1 aromatic rings. The highest BCUT2D eigenvalue weighted by Crippen LogP contribution is 2.34. The van der Waals surface area contributed by atoms with Crippen molar-refractivity contribution in [3.63, 3.8) is 0 Å². The summed E-state index contributed by atoms with van der Waals surface area (Å²) in [5, 5.41) is 0. The molecule has 1 aromatic carbocycles. The summed E-state index contributed by atoms with van der Waals surface area (Å²) in [5.41, 5.74) is 0. The molecular weight excluding hydrogens is 240 g/mol. The van der Waals surface area contributed by atoms with Crippen molar-refractivity contribution in [3.8, 4) is 5.75 Å². The zero-order valence-corrected chi connectivity index (χ0v) is 9.96. The van der Waals surface area contributed by atoms with E-state index < -0.39 is 0 Å². The Morgan fingerprint density at radius 1 is 1.36 bits per heavy atom. The van der Waals surface area contributed by atoms with E-state index in [0.717, 1.165) is 28.7 Å². The molecule has 0 spiro atoms. The lowest BCUT2D eigenvalue weighted by atomic mass is 9.77. The van der Waals surface area contributed by atoms with Crippen molar-refractivity contribution < 1.29 is 4.74 Å². The molecule has 0 N–H and O–H groups in total. The van der Waals surface area contributed by atoms with E-state index in [1.165, 1.54) is 12.8 Å². The average Bonchev–Trinajstić information content (AvgIpc) is 2.13. The highest BCUT2D eigenvalue weighted by atomic mass is 79.9. The molecule has 1 aliphatic carbocycles. The van der Waals surface area contributed by atoms with Gasteiger partial charge in [0.2, 0.25) is 0 Å². The molecule has 0 bridgehead atoms. The minimum absolute atomic E-state index is 0.775. The molecular formula is C12H15BrO. The van der Waals surface area contributed by atoms with Crippen LogP contribution in [0.15, 0.2) is 28.7 Å². The number of rotatable bonds is 3. The van der Waals surface area contributed by atoms with E-state index in [9.17, 15) is 0 Å². The average molecular weight is 255 g/mol. The molecule has 76 valence electrons. The summed E-state index contributed by atoms with van der Waals surface area (Å²) in [6, 6.07) is 8.02. The molecule has 0 atom stereocenters. The van der Waals surface area contributed by atoms with Crippen LogP contribution in [0.2, 0.25) is 0 Å². The molecule has 2 heteroatoms. The van der Waals surface area contributed by atoms with Crippen LogP contribution in [0.1, 0.15) is 19.8 Å². The fourth-order valence-electron chi connectivity index (χ4n) is 1.97. The fourth-order valence-corrected chi connectivity index (χ4v) is 2.37. The second-order valence-electron chi connectivity index (χ2n) is 4.18. The van der Waals surface area contributed by atoms with Crippen LogP contribution in [0.4, 0.5) is 0 Å². The number of para-hydroxylation sites is 1. The van der Waals surface area contributed by atoms with Gasteiger partial charge in [-0.25, -0.2) is 0 Å². The van der Waals surface area contributed by atoms with Gasteiger partial charge in [0.25, 0.3) is 0 Å². The summed E-state index contributed by atoms with van der Waals surface area (Å²) in [7, 11) is 0. The van der Waals surface area contributed by atoms with Gasteiger partial charge in [0.05, 0.1) is 11.1 Å². The first-order chi connectivity index (χ1) is 6.75. The summed E-state index contributed by atoms with van der Waals surface area (Å²) >= 11 is 3.47. The molecule has 0 saturated heterocycles. The fraction of sp³-hybridized carbons (Fsp3) is 0.500. The van der Waals surface area contributed by atoms with Crippen molar-refractivity contribution in [3.05, 3.63) is 28.7 Å². The molecule has 1 fully saturated rings. The molecule has 1 nitrogen and oxygen atoms in total. The third kappa shape index (κ3) is 2.30. The van der Waals surface area contributed by atoms with Gasteiger partial charge in [-0.1, -0.05) is 19.1 Å². The highest BCUT2D eigenvalue weighted by Gasteiger charge is 2.25. The Bertz CT molecular complexity index is 305. The van der Waals surface area contributed by atoms with Crippen LogP contribution in [-0.2, 0) is 0 Å². The molecule has 0 aliphatic heterocycles. The van der Waals surface area contributed by atoms with Crippen LogP contribution in [0.5, 0.6) is 5.75 Å². The minimum Gasteiger partial charge on any atom is -0.492 e. The second kappa shape index (κ2) is 4.35. The summed E-state index contributed by atoms with van der Waals surface area (Å²) in [6.45, 7) is 3.17. The first kappa shape index (κ1) is 10.0. The van der Waals surface area contributed by atoms with Crippen molar-refractivity contribution in [1.29, 1.82) is 0 Å². The standard InChI is InChI=1S/C12H15BrO/c1-9-6-10(7-9)8-14-12-5-3-2-4-11(12)13/h2-5,9-10H,6-8H2,1H3. The van der Waals surface area contributed by atoms with Gasteiger partial charge in [-0.3, -0.25) is 0 Å². The normalized spacial score (nSPS) is 25.6. The Hall–Kier alpha value is -0.500. The van der Waals surface area contributed by atoms with E-state index in [1.807, 2.05) is 24.3 Å². The van der Waals surface area contributed by atoms with Crippen LogP contribution in [0, 0.1) is 11.8 Å². The number of hydrogen-bond acceptors (Lipinski definition) is 1. The Morgan fingerprint density at radius 2 is 2.07 bits per heavy atom. The minimum atomic E-state index is 0.775. The monoisotopic (exact) mass is 254 g/mol. The lowest BCUT2D eigenvalue weighted by Crippen LogP contribution is -2.26. The van der Waals surface area contributed by atoms with E-state index in [-0.39, 0.29) is 0 Å². The number of hydrogen-bond donors (Lipinski definition) is 0. The molecule has 1 aliphatic rings. The first-order valence-corrected chi connectivity index (χ1v) is 5.92. The molecule has 2 rings (SSSR count).